The summed E-state index contributed by atoms with van der Waals surface area (Å²) in [6, 6.07) is 1.67. The minimum atomic E-state index is -0.624. The predicted molar refractivity (Wildman–Crippen MR) is 53.6 cm³/mol. The van der Waals surface area contributed by atoms with Crippen LogP contribution in [-0.2, 0) is 0 Å². The third kappa shape index (κ3) is 2.13. The smallest absolute Gasteiger partial charge is 0.113 e. The molecule has 0 saturated heterocycles. The van der Waals surface area contributed by atoms with Gasteiger partial charge in [-0.3, -0.25) is 5.10 Å². The Balaban J connectivity index is 1.95. The number of aromatic nitrogens is 2. The van der Waals surface area contributed by atoms with Crippen LogP contribution in [0.2, 0.25) is 0 Å². The first-order valence-corrected chi connectivity index (χ1v) is 5.12. The maximum absolute atomic E-state index is 9.87. The summed E-state index contributed by atoms with van der Waals surface area (Å²) in [4.78, 5) is 0. The lowest BCUT2D eigenvalue weighted by Crippen LogP contribution is -2.29. The number of aliphatic hydroxyl groups excluding tert-OH is 1. The second kappa shape index (κ2) is 3.71. The quantitative estimate of drug-likeness (QED) is 0.667. The summed E-state index contributed by atoms with van der Waals surface area (Å²) in [5.41, 5.74) is 7.51. The molecule has 2 atom stereocenters. The van der Waals surface area contributed by atoms with Crippen molar-refractivity contribution in [2.45, 2.75) is 38.3 Å². The van der Waals surface area contributed by atoms with Crippen LogP contribution in [0.4, 0.5) is 0 Å². The van der Waals surface area contributed by atoms with E-state index in [4.69, 9.17) is 5.73 Å². The first kappa shape index (κ1) is 9.68. The van der Waals surface area contributed by atoms with Gasteiger partial charge < -0.3 is 10.8 Å². The van der Waals surface area contributed by atoms with E-state index in [-0.39, 0.29) is 6.04 Å². The summed E-state index contributed by atoms with van der Waals surface area (Å²) in [6.45, 7) is 1.91. The second-order valence-electron chi connectivity index (χ2n) is 4.26. The molecule has 1 aliphatic rings. The van der Waals surface area contributed by atoms with Gasteiger partial charge in [-0.25, -0.2) is 0 Å². The second-order valence-corrected chi connectivity index (χ2v) is 4.26. The zero-order valence-corrected chi connectivity index (χ0v) is 8.40. The van der Waals surface area contributed by atoms with Gasteiger partial charge in [0.05, 0.1) is 5.69 Å². The van der Waals surface area contributed by atoms with Gasteiger partial charge in [0.15, 0.2) is 0 Å². The summed E-state index contributed by atoms with van der Waals surface area (Å²) in [5, 5.41) is 16.7. The number of hydrogen-bond acceptors (Lipinski definition) is 3. The molecule has 4 N–H and O–H groups in total. The molecule has 1 fully saturated rings. The Labute approximate surface area is 83.5 Å². The average molecular weight is 195 g/mol. The van der Waals surface area contributed by atoms with Gasteiger partial charge in [0.1, 0.15) is 6.10 Å². The van der Waals surface area contributed by atoms with Crippen molar-refractivity contribution in [2.24, 2.45) is 11.7 Å². The fourth-order valence-corrected chi connectivity index (χ4v) is 1.68. The van der Waals surface area contributed by atoms with Crippen LogP contribution in [0.1, 0.15) is 36.8 Å². The third-order valence-electron chi connectivity index (χ3n) is 2.74. The lowest BCUT2D eigenvalue weighted by atomic mass is 10.0. The van der Waals surface area contributed by atoms with Crippen LogP contribution < -0.4 is 5.73 Å². The number of nitrogens with zero attached hydrogens (tertiary/aromatic N) is 1. The van der Waals surface area contributed by atoms with E-state index >= 15 is 0 Å². The Morgan fingerprint density at radius 3 is 2.93 bits per heavy atom. The minimum Gasteiger partial charge on any atom is -0.385 e. The molecule has 1 saturated carbocycles. The van der Waals surface area contributed by atoms with Gasteiger partial charge in [0, 0.05) is 11.7 Å². The minimum absolute atomic E-state index is 0.176. The summed E-state index contributed by atoms with van der Waals surface area (Å²) in [6.07, 6.45) is 2.81. The van der Waals surface area contributed by atoms with Gasteiger partial charge in [-0.1, -0.05) is 12.8 Å². The molecule has 0 spiro atoms. The number of rotatable bonds is 4. The van der Waals surface area contributed by atoms with Crippen molar-refractivity contribution in [1.82, 2.24) is 10.2 Å². The van der Waals surface area contributed by atoms with E-state index in [0.717, 1.165) is 18.0 Å². The lowest BCUT2D eigenvalue weighted by Gasteiger charge is -2.16. The van der Waals surface area contributed by atoms with Crippen LogP contribution >= 0.6 is 0 Å². The number of nitrogens with one attached hydrogen (secondary N) is 1. The van der Waals surface area contributed by atoms with Gasteiger partial charge in [0.25, 0.3) is 0 Å². The number of hydrogen-bond donors (Lipinski definition) is 3. The molecule has 0 aliphatic heterocycles. The van der Waals surface area contributed by atoms with Gasteiger partial charge in [-0.05, 0) is 25.3 Å². The monoisotopic (exact) mass is 195 g/mol. The van der Waals surface area contributed by atoms with Gasteiger partial charge in [-0.15, -0.1) is 0 Å². The summed E-state index contributed by atoms with van der Waals surface area (Å²) >= 11 is 0. The number of aryl methyl sites for hydroxylation is 1. The van der Waals surface area contributed by atoms with E-state index in [1.165, 1.54) is 12.8 Å². The first-order chi connectivity index (χ1) is 6.66. The molecule has 4 heteroatoms. The van der Waals surface area contributed by atoms with E-state index < -0.39 is 6.10 Å². The lowest BCUT2D eigenvalue weighted by molar-refractivity contribution is 0.135. The molecule has 1 aliphatic carbocycles. The third-order valence-corrected chi connectivity index (χ3v) is 2.74. The summed E-state index contributed by atoms with van der Waals surface area (Å²) in [7, 11) is 0. The summed E-state index contributed by atoms with van der Waals surface area (Å²) < 4.78 is 0. The van der Waals surface area contributed by atoms with Crippen molar-refractivity contribution in [3.05, 3.63) is 17.5 Å². The average Bonchev–Trinajstić information content (AvgIpc) is 2.85. The highest BCUT2D eigenvalue weighted by Crippen LogP contribution is 2.35. The van der Waals surface area contributed by atoms with Crippen LogP contribution in [0.15, 0.2) is 6.07 Å². The van der Waals surface area contributed by atoms with Gasteiger partial charge in [0.2, 0.25) is 0 Å². The molecule has 2 rings (SSSR count). The predicted octanol–water partition coefficient (Wildman–Crippen LogP) is 0.879. The molecule has 1 aromatic rings. The molecule has 4 nitrogen and oxygen atoms in total. The zero-order chi connectivity index (χ0) is 10.1. The zero-order valence-electron chi connectivity index (χ0n) is 8.40. The van der Waals surface area contributed by atoms with Crippen LogP contribution in [0, 0.1) is 12.8 Å². The van der Waals surface area contributed by atoms with Crippen molar-refractivity contribution in [3.63, 3.8) is 0 Å². The maximum Gasteiger partial charge on any atom is 0.113 e. The van der Waals surface area contributed by atoms with E-state index in [2.05, 4.69) is 10.2 Å². The molecular weight excluding hydrogens is 178 g/mol. The standard InChI is InChI=1S/C10H17N3O/c1-6-4-9(13-12-6)10(14)8(11)5-7-2-3-7/h4,7-8,10,14H,2-3,5,11H2,1H3,(H,12,13). The van der Waals surface area contributed by atoms with Crippen molar-refractivity contribution in [1.29, 1.82) is 0 Å². The fourth-order valence-electron chi connectivity index (χ4n) is 1.68. The topological polar surface area (TPSA) is 74.9 Å². The van der Waals surface area contributed by atoms with Crippen molar-refractivity contribution < 1.29 is 5.11 Å². The number of nitrogens with two attached hydrogens (primary N) is 1. The highest BCUT2D eigenvalue weighted by Gasteiger charge is 2.28. The number of H-pyrrole nitrogens is 1. The van der Waals surface area contributed by atoms with Crippen LogP contribution in [0.25, 0.3) is 0 Å². The van der Waals surface area contributed by atoms with Crippen molar-refractivity contribution in [2.75, 3.05) is 0 Å². The molecular formula is C10H17N3O. The molecule has 0 radical (unpaired) electrons. The van der Waals surface area contributed by atoms with Gasteiger partial charge in [-0.2, -0.15) is 5.10 Å². The van der Waals surface area contributed by atoms with Crippen LogP contribution in [0.3, 0.4) is 0 Å². The Morgan fingerprint density at radius 1 is 1.71 bits per heavy atom. The maximum atomic E-state index is 9.87. The highest BCUT2D eigenvalue weighted by atomic mass is 16.3. The van der Waals surface area contributed by atoms with E-state index in [0.29, 0.717) is 5.69 Å². The molecule has 0 bridgehead atoms. The van der Waals surface area contributed by atoms with Gasteiger partial charge >= 0.3 is 0 Å². The van der Waals surface area contributed by atoms with Crippen molar-refractivity contribution in [3.8, 4) is 0 Å². The Hall–Kier alpha value is -0.870. The van der Waals surface area contributed by atoms with Crippen molar-refractivity contribution >= 4 is 0 Å². The molecule has 78 valence electrons. The molecule has 1 aromatic heterocycles. The normalized spacial score (nSPS) is 20.8. The highest BCUT2D eigenvalue weighted by molar-refractivity contribution is 5.11. The number of aliphatic hydroxyl groups is 1. The van der Waals surface area contributed by atoms with Crippen LogP contribution in [-0.4, -0.2) is 21.3 Å². The Bertz CT molecular complexity index is 306. The largest absolute Gasteiger partial charge is 0.385 e. The molecule has 2 unspecified atom stereocenters. The molecule has 14 heavy (non-hydrogen) atoms. The van der Waals surface area contributed by atoms with E-state index in [1.807, 2.05) is 13.0 Å². The van der Waals surface area contributed by atoms with Crippen LogP contribution in [0.5, 0.6) is 0 Å². The molecule has 1 heterocycles. The number of aromatic amines is 1. The Kier molecular flexibility index (Phi) is 2.56. The molecule has 0 aromatic carbocycles. The Morgan fingerprint density at radius 2 is 2.43 bits per heavy atom. The van der Waals surface area contributed by atoms with E-state index in [9.17, 15) is 5.11 Å². The van der Waals surface area contributed by atoms with E-state index in [1.54, 1.807) is 0 Å². The summed E-state index contributed by atoms with van der Waals surface area (Å²) in [5.74, 6) is 0.736. The SMILES string of the molecule is Cc1cc(C(O)C(N)CC2CC2)n[nH]1. The fraction of sp³-hybridized carbons (Fsp3) is 0.700. The first-order valence-electron chi connectivity index (χ1n) is 5.12. The molecule has 0 amide bonds.